The number of fused-ring (bicyclic) bond motifs is 1. The third-order valence-corrected chi connectivity index (χ3v) is 2.91. The zero-order valence-electron chi connectivity index (χ0n) is 9.43. The Bertz CT molecular complexity index is 635. The minimum absolute atomic E-state index is 0.610. The van der Waals surface area contributed by atoms with Crippen molar-refractivity contribution in [3.8, 4) is 5.69 Å². The van der Waals surface area contributed by atoms with Crippen LogP contribution in [0.25, 0.3) is 16.6 Å². The van der Waals surface area contributed by atoms with E-state index in [1.54, 1.807) is 0 Å². The highest BCUT2D eigenvalue weighted by molar-refractivity contribution is 5.88. The molecule has 4 heteroatoms. The Morgan fingerprint density at radius 3 is 3.06 bits per heavy atom. The molecule has 4 nitrogen and oxygen atoms in total. The maximum absolute atomic E-state index is 5.59. The summed E-state index contributed by atoms with van der Waals surface area (Å²) in [6, 6.07) is 8.24. The van der Waals surface area contributed by atoms with Crippen LogP contribution >= 0.6 is 0 Å². The lowest BCUT2D eigenvalue weighted by Gasteiger charge is -2.05. The number of H-pyrrole nitrogens is 1. The van der Waals surface area contributed by atoms with Crippen LogP contribution in [-0.2, 0) is 6.42 Å². The van der Waals surface area contributed by atoms with Crippen molar-refractivity contribution in [1.29, 1.82) is 0 Å². The number of benzene rings is 1. The van der Waals surface area contributed by atoms with E-state index >= 15 is 0 Å². The predicted molar refractivity (Wildman–Crippen MR) is 68.2 cm³/mol. The van der Waals surface area contributed by atoms with Crippen LogP contribution in [0.15, 0.2) is 42.9 Å². The van der Waals surface area contributed by atoms with E-state index in [0.29, 0.717) is 6.54 Å². The number of imidazole rings is 1. The van der Waals surface area contributed by atoms with Crippen LogP contribution in [-0.4, -0.2) is 21.1 Å². The summed E-state index contributed by atoms with van der Waals surface area (Å²) in [5.41, 5.74) is 7.85. The normalized spacial score (nSPS) is 11.1. The van der Waals surface area contributed by atoms with Crippen molar-refractivity contribution in [1.82, 2.24) is 14.5 Å². The lowest BCUT2D eigenvalue weighted by atomic mass is 10.2. The molecule has 17 heavy (non-hydrogen) atoms. The van der Waals surface area contributed by atoms with Gasteiger partial charge >= 0.3 is 0 Å². The van der Waals surface area contributed by atoms with Crippen LogP contribution < -0.4 is 5.73 Å². The fourth-order valence-corrected chi connectivity index (χ4v) is 2.12. The number of hydrogen-bond acceptors (Lipinski definition) is 2. The van der Waals surface area contributed by atoms with Crippen molar-refractivity contribution in [2.75, 3.05) is 6.54 Å². The van der Waals surface area contributed by atoms with Crippen molar-refractivity contribution in [3.05, 3.63) is 48.7 Å². The standard InChI is InChI=1S/C13H14N4/c14-6-5-13-15-7-8-17(13)12-9-16-11-4-2-1-3-10(11)12/h1-4,7-9,16H,5-6,14H2. The Labute approximate surface area is 99.1 Å². The van der Waals surface area contributed by atoms with Crippen LogP contribution in [0.1, 0.15) is 5.82 Å². The van der Waals surface area contributed by atoms with Gasteiger partial charge in [-0.15, -0.1) is 0 Å². The van der Waals surface area contributed by atoms with Crippen LogP contribution in [0.4, 0.5) is 0 Å². The number of aromatic amines is 1. The SMILES string of the molecule is NCCc1nccn1-c1c[nH]c2ccccc12. The van der Waals surface area contributed by atoms with Gasteiger partial charge in [-0.2, -0.15) is 0 Å². The average molecular weight is 226 g/mol. The van der Waals surface area contributed by atoms with Gasteiger partial charge in [0.15, 0.2) is 0 Å². The third kappa shape index (κ3) is 1.62. The van der Waals surface area contributed by atoms with Crippen molar-refractivity contribution in [2.45, 2.75) is 6.42 Å². The second-order valence-corrected chi connectivity index (χ2v) is 3.97. The molecule has 0 saturated carbocycles. The van der Waals surface area contributed by atoms with Gasteiger partial charge in [0.25, 0.3) is 0 Å². The second kappa shape index (κ2) is 4.07. The molecule has 0 aliphatic heterocycles. The molecule has 2 heterocycles. The zero-order valence-corrected chi connectivity index (χ0v) is 9.43. The van der Waals surface area contributed by atoms with Crippen LogP contribution in [0, 0.1) is 0 Å². The molecule has 0 unspecified atom stereocenters. The summed E-state index contributed by atoms with van der Waals surface area (Å²) >= 11 is 0. The van der Waals surface area contributed by atoms with Crippen molar-refractivity contribution >= 4 is 10.9 Å². The molecule has 3 aromatic rings. The molecule has 0 radical (unpaired) electrons. The monoisotopic (exact) mass is 226 g/mol. The minimum Gasteiger partial charge on any atom is -0.359 e. The smallest absolute Gasteiger partial charge is 0.114 e. The van der Waals surface area contributed by atoms with Gasteiger partial charge in [-0.1, -0.05) is 18.2 Å². The van der Waals surface area contributed by atoms with E-state index < -0.39 is 0 Å². The Morgan fingerprint density at radius 2 is 2.18 bits per heavy atom. The van der Waals surface area contributed by atoms with E-state index in [1.165, 1.54) is 5.39 Å². The summed E-state index contributed by atoms with van der Waals surface area (Å²) in [7, 11) is 0. The number of hydrogen-bond donors (Lipinski definition) is 2. The third-order valence-electron chi connectivity index (χ3n) is 2.91. The topological polar surface area (TPSA) is 59.6 Å². The largest absolute Gasteiger partial charge is 0.359 e. The summed E-state index contributed by atoms with van der Waals surface area (Å²) in [4.78, 5) is 7.60. The molecule has 3 N–H and O–H groups in total. The molecule has 0 fully saturated rings. The fraction of sp³-hybridized carbons (Fsp3) is 0.154. The summed E-state index contributed by atoms with van der Waals surface area (Å²) in [5.74, 6) is 0.997. The lowest BCUT2D eigenvalue weighted by Crippen LogP contribution is -2.08. The highest BCUT2D eigenvalue weighted by Crippen LogP contribution is 2.22. The van der Waals surface area contributed by atoms with Gasteiger partial charge < -0.3 is 15.3 Å². The van der Waals surface area contributed by atoms with Crippen LogP contribution in [0.2, 0.25) is 0 Å². The van der Waals surface area contributed by atoms with E-state index in [2.05, 4.69) is 26.7 Å². The second-order valence-electron chi connectivity index (χ2n) is 3.97. The molecular formula is C13H14N4. The maximum atomic E-state index is 5.59. The lowest BCUT2D eigenvalue weighted by molar-refractivity contribution is 0.840. The van der Waals surface area contributed by atoms with Gasteiger partial charge in [-0.25, -0.2) is 4.98 Å². The highest BCUT2D eigenvalue weighted by Gasteiger charge is 2.08. The Kier molecular flexibility index (Phi) is 2.42. The fourth-order valence-electron chi connectivity index (χ4n) is 2.12. The molecule has 0 spiro atoms. The summed E-state index contributed by atoms with van der Waals surface area (Å²) in [5, 5.41) is 1.20. The number of para-hydroxylation sites is 1. The Morgan fingerprint density at radius 1 is 1.29 bits per heavy atom. The van der Waals surface area contributed by atoms with Crippen LogP contribution in [0.3, 0.4) is 0 Å². The summed E-state index contributed by atoms with van der Waals surface area (Å²) < 4.78 is 2.09. The molecule has 2 aromatic heterocycles. The van der Waals surface area contributed by atoms with Gasteiger partial charge in [-0.05, 0) is 12.6 Å². The van der Waals surface area contributed by atoms with E-state index in [-0.39, 0.29) is 0 Å². The molecule has 0 saturated heterocycles. The van der Waals surface area contributed by atoms with Gasteiger partial charge in [0, 0.05) is 35.9 Å². The first-order valence-corrected chi connectivity index (χ1v) is 5.69. The highest BCUT2D eigenvalue weighted by atomic mass is 15.1. The van der Waals surface area contributed by atoms with Gasteiger partial charge in [0.05, 0.1) is 5.69 Å². The molecule has 0 amide bonds. The molecule has 0 atom stereocenters. The molecule has 86 valence electrons. The van der Waals surface area contributed by atoms with E-state index in [0.717, 1.165) is 23.4 Å². The van der Waals surface area contributed by atoms with Crippen molar-refractivity contribution in [2.24, 2.45) is 5.73 Å². The molecule has 1 aromatic carbocycles. The van der Waals surface area contributed by atoms with E-state index in [1.807, 2.05) is 30.7 Å². The number of aromatic nitrogens is 3. The molecule has 0 aliphatic carbocycles. The minimum atomic E-state index is 0.610. The van der Waals surface area contributed by atoms with Crippen molar-refractivity contribution in [3.63, 3.8) is 0 Å². The summed E-state index contributed by atoms with van der Waals surface area (Å²) in [6.45, 7) is 0.610. The number of rotatable bonds is 3. The molecule has 3 rings (SSSR count). The molecule has 0 bridgehead atoms. The number of nitrogens with zero attached hydrogens (tertiary/aromatic N) is 2. The van der Waals surface area contributed by atoms with Crippen LogP contribution in [0.5, 0.6) is 0 Å². The predicted octanol–water partition coefficient (Wildman–Crippen LogP) is 1.85. The number of nitrogens with two attached hydrogens (primary N) is 1. The van der Waals surface area contributed by atoms with Gasteiger partial charge in [-0.3, -0.25) is 0 Å². The first-order chi connectivity index (χ1) is 8.40. The average Bonchev–Trinajstić information content (AvgIpc) is 2.95. The first kappa shape index (κ1) is 10.1. The molecular weight excluding hydrogens is 212 g/mol. The van der Waals surface area contributed by atoms with Crippen molar-refractivity contribution < 1.29 is 0 Å². The quantitative estimate of drug-likeness (QED) is 0.716. The Hall–Kier alpha value is -2.07. The number of nitrogens with one attached hydrogen (secondary N) is 1. The first-order valence-electron chi connectivity index (χ1n) is 5.69. The van der Waals surface area contributed by atoms with E-state index in [4.69, 9.17) is 5.73 Å². The summed E-state index contributed by atoms with van der Waals surface area (Å²) in [6.07, 6.45) is 6.58. The maximum Gasteiger partial charge on any atom is 0.114 e. The van der Waals surface area contributed by atoms with Gasteiger partial charge in [0.1, 0.15) is 5.82 Å². The molecule has 0 aliphatic rings. The van der Waals surface area contributed by atoms with Gasteiger partial charge in [0.2, 0.25) is 0 Å². The zero-order chi connectivity index (χ0) is 11.7. The Balaban J connectivity index is 2.17. The van der Waals surface area contributed by atoms with E-state index in [9.17, 15) is 0 Å².